The van der Waals surface area contributed by atoms with Crippen molar-refractivity contribution in [2.45, 2.75) is 77.5 Å². The highest BCUT2D eigenvalue weighted by atomic mass is 19.4. The van der Waals surface area contributed by atoms with Crippen LogP contribution in [0.3, 0.4) is 0 Å². The van der Waals surface area contributed by atoms with Gasteiger partial charge in [0, 0.05) is 12.0 Å². The average molecular weight is 749 g/mol. The molecule has 3 aromatic carbocycles. The molecule has 15 heteroatoms. The second-order valence-corrected chi connectivity index (χ2v) is 12.6. The summed E-state index contributed by atoms with van der Waals surface area (Å²) in [6, 6.07) is 7.16. The molecule has 3 atom stereocenters. The molecular formula is C37H37F9O6. The maximum Gasteiger partial charge on any atom is 0.416 e. The Bertz CT molecular complexity index is 1710. The zero-order valence-corrected chi connectivity index (χ0v) is 28.7. The Morgan fingerprint density at radius 1 is 0.827 bits per heavy atom. The van der Waals surface area contributed by atoms with Gasteiger partial charge in [-0.3, -0.25) is 9.59 Å². The second kappa shape index (κ2) is 16.1. The summed E-state index contributed by atoms with van der Waals surface area (Å²) in [6.45, 7) is 5.26. The highest BCUT2D eigenvalue weighted by Gasteiger charge is 2.40. The molecule has 0 bridgehead atoms. The van der Waals surface area contributed by atoms with Crippen molar-refractivity contribution in [3.05, 3.63) is 81.9 Å². The molecule has 6 nitrogen and oxygen atoms in total. The van der Waals surface area contributed by atoms with Gasteiger partial charge in [-0.1, -0.05) is 13.0 Å². The van der Waals surface area contributed by atoms with E-state index in [1.165, 1.54) is 20.1 Å². The molecule has 0 aliphatic carbocycles. The molecule has 1 aliphatic heterocycles. The number of rotatable bonds is 11. The molecule has 1 saturated heterocycles. The molecule has 52 heavy (non-hydrogen) atoms. The van der Waals surface area contributed by atoms with Crippen molar-refractivity contribution in [2.24, 2.45) is 11.8 Å². The van der Waals surface area contributed by atoms with Crippen molar-refractivity contribution in [3.63, 3.8) is 0 Å². The van der Waals surface area contributed by atoms with Crippen LogP contribution in [-0.4, -0.2) is 32.3 Å². The Morgan fingerprint density at radius 3 is 2.04 bits per heavy atom. The largest absolute Gasteiger partial charge is 0.496 e. The van der Waals surface area contributed by atoms with Gasteiger partial charge in [0.05, 0.1) is 42.9 Å². The van der Waals surface area contributed by atoms with E-state index in [2.05, 4.69) is 0 Å². The van der Waals surface area contributed by atoms with Gasteiger partial charge in [0.2, 0.25) is 0 Å². The van der Waals surface area contributed by atoms with Gasteiger partial charge in [0.1, 0.15) is 17.6 Å². The summed E-state index contributed by atoms with van der Waals surface area (Å²) in [5.41, 5.74) is -3.36. The maximum absolute atomic E-state index is 14.0. The van der Waals surface area contributed by atoms with Gasteiger partial charge in [-0.25, -0.2) is 0 Å². The molecule has 3 aromatic rings. The van der Waals surface area contributed by atoms with E-state index in [1.807, 2.05) is 0 Å². The summed E-state index contributed by atoms with van der Waals surface area (Å²) in [7, 11) is 1.37. The lowest BCUT2D eigenvalue weighted by Crippen LogP contribution is -2.22. The van der Waals surface area contributed by atoms with Crippen molar-refractivity contribution >= 4 is 11.9 Å². The van der Waals surface area contributed by atoms with E-state index >= 15 is 0 Å². The number of cyclic esters (lactones) is 1. The van der Waals surface area contributed by atoms with E-state index in [0.29, 0.717) is 35.4 Å². The number of methoxy groups -OCH3 is 1. The number of esters is 2. The van der Waals surface area contributed by atoms with Crippen LogP contribution in [0.5, 0.6) is 11.5 Å². The summed E-state index contributed by atoms with van der Waals surface area (Å²) in [4.78, 5) is 25.2. The van der Waals surface area contributed by atoms with Crippen molar-refractivity contribution in [1.29, 1.82) is 0 Å². The van der Waals surface area contributed by atoms with Crippen LogP contribution in [0.25, 0.3) is 11.1 Å². The van der Waals surface area contributed by atoms with Gasteiger partial charge in [0.15, 0.2) is 0 Å². The Balaban J connectivity index is 1.70. The molecule has 0 N–H and O–H groups in total. The van der Waals surface area contributed by atoms with Gasteiger partial charge < -0.3 is 18.9 Å². The fraction of sp³-hybridized carbons (Fsp3) is 0.459. The topological polar surface area (TPSA) is 71.1 Å². The molecule has 1 unspecified atom stereocenters. The lowest BCUT2D eigenvalue weighted by Gasteiger charge is -2.24. The Kier molecular flexibility index (Phi) is 12.5. The van der Waals surface area contributed by atoms with Crippen molar-refractivity contribution in [3.8, 4) is 22.6 Å². The van der Waals surface area contributed by atoms with E-state index in [1.54, 1.807) is 26.0 Å². The summed E-state index contributed by atoms with van der Waals surface area (Å²) in [6.07, 6.45) is -16.2. The van der Waals surface area contributed by atoms with Crippen LogP contribution in [0.1, 0.15) is 79.0 Å². The normalized spacial score (nSPS) is 18.4. The molecule has 0 spiro atoms. The molecule has 0 saturated carbocycles. The standard InChI is InChI=1S/C37H37F9O6/c1-5-50-32(47)7-6-12-51-30-19-29(31(49-4)13-21(30)3)28-11-10-25(35(38,39)40)15-23(28)14-22-9-8-20(2)33(52-34(22)48)24-16-26(36(41,42)43)18-27(17-24)37(44,45)46/h10-11,13,15-20,22,33H,5-9,12,14H2,1-4H3/t20-,22?,33+/m1/s1. The molecule has 1 fully saturated rings. The third-order valence-electron chi connectivity index (χ3n) is 8.78. The fourth-order valence-corrected chi connectivity index (χ4v) is 6.09. The SMILES string of the molecule is CCOC(=O)CCCOc1cc(-c2ccc(C(F)(F)F)cc2CC2CC[C@@H](C)[C@@H](c3cc(C(F)(F)F)cc(C(F)(F)F)c3)OC2=O)c(OC)cc1C. The van der Waals surface area contributed by atoms with E-state index in [4.69, 9.17) is 18.9 Å². The monoisotopic (exact) mass is 748 g/mol. The van der Waals surface area contributed by atoms with Gasteiger partial charge >= 0.3 is 30.5 Å². The first-order valence-corrected chi connectivity index (χ1v) is 16.4. The minimum Gasteiger partial charge on any atom is -0.496 e. The van der Waals surface area contributed by atoms with Crippen LogP contribution in [0.2, 0.25) is 0 Å². The first kappa shape index (κ1) is 40.3. The lowest BCUT2D eigenvalue weighted by molar-refractivity contribution is -0.154. The van der Waals surface area contributed by atoms with Gasteiger partial charge in [-0.05, 0) is 110 Å². The minimum absolute atomic E-state index is 0.0238. The summed E-state index contributed by atoms with van der Waals surface area (Å²) in [5.74, 6) is -2.58. The van der Waals surface area contributed by atoms with Crippen LogP contribution in [0.4, 0.5) is 39.5 Å². The minimum atomic E-state index is -5.12. The number of ether oxygens (including phenoxy) is 4. The van der Waals surface area contributed by atoms with Crippen LogP contribution in [-0.2, 0) is 44.0 Å². The highest BCUT2D eigenvalue weighted by Crippen LogP contribution is 2.44. The number of halogens is 9. The molecule has 0 amide bonds. The second-order valence-electron chi connectivity index (χ2n) is 12.6. The Labute approximate surface area is 294 Å². The molecule has 0 radical (unpaired) electrons. The quantitative estimate of drug-likeness (QED) is 0.110. The number of carbonyl (C=O) groups excluding carboxylic acids is 2. The highest BCUT2D eigenvalue weighted by molar-refractivity contribution is 5.78. The van der Waals surface area contributed by atoms with E-state index in [-0.39, 0.29) is 61.8 Å². The zero-order valence-electron chi connectivity index (χ0n) is 28.7. The van der Waals surface area contributed by atoms with Gasteiger partial charge in [0.25, 0.3) is 0 Å². The number of carbonyl (C=O) groups is 2. The molecule has 0 aromatic heterocycles. The van der Waals surface area contributed by atoms with Gasteiger partial charge in [-0.15, -0.1) is 0 Å². The maximum atomic E-state index is 14.0. The predicted octanol–water partition coefficient (Wildman–Crippen LogP) is 10.3. The fourth-order valence-electron chi connectivity index (χ4n) is 6.09. The van der Waals surface area contributed by atoms with Crippen LogP contribution in [0, 0.1) is 18.8 Å². The Morgan fingerprint density at radius 2 is 1.46 bits per heavy atom. The lowest BCUT2D eigenvalue weighted by atomic mass is 9.86. The van der Waals surface area contributed by atoms with E-state index in [9.17, 15) is 49.1 Å². The number of hydrogen-bond acceptors (Lipinski definition) is 6. The van der Waals surface area contributed by atoms with Crippen LogP contribution < -0.4 is 9.47 Å². The Hall–Kier alpha value is -4.43. The molecule has 1 heterocycles. The number of hydrogen-bond donors (Lipinski definition) is 0. The van der Waals surface area contributed by atoms with E-state index in [0.717, 1.165) is 12.1 Å². The summed E-state index contributed by atoms with van der Waals surface area (Å²) in [5, 5.41) is 0. The predicted molar refractivity (Wildman–Crippen MR) is 170 cm³/mol. The van der Waals surface area contributed by atoms with Crippen LogP contribution >= 0.6 is 0 Å². The number of aryl methyl sites for hydroxylation is 1. The number of alkyl halides is 9. The third kappa shape index (κ3) is 9.91. The zero-order chi connectivity index (χ0) is 38.6. The average Bonchev–Trinajstić information content (AvgIpc) is 3.19. The third-order valence-corrected chi connectivity index (χ3v) is 8.78. The van der Waals surface area contributed by atoms with Crippen molar-refractivity contribution in [2.75, 3.05) is 20.3 Å². The molecule has 4 rings (SSSR count). The summed E-state index contributed by atoms with van der Waals surface area (Å²) < 4.78 is 145. The van der Waals surface area contributed by atoms with Crippen LogP contribution in [0.15, 0.2) is 48.5 Å². The molecular weight excluding hydrogens is 711 g/mol. The summed E-state index contributed by atoms with van der Waals surface area (Å²) >= 11 is 0. The van der Waals surface area contributed by atoms with Crippen molar-refractivity contribution in [1.82, 2.24) is 0 Å². The molecule has 1 aliphatic rings. The number of benzene rings is 3. The van der Waals surface area contributed by atoms with Gasteiger partial charge in [-0.2, -0.15) is 39.5 Å². The first-order chi connectivity index (χ1) is 24.2. The van der Waals surface area contributed by atoms with Crippen molar-refractivity contribution < 1.29 is 68.1 Å². The smallest absolute Gasteiger partial charge is 0.416 e. The van der Waals surface area contributed by atoms with E-state index < -0.39 is 70.7 Å². The first-order valence-electron chi connectivity index (χ1n) is 16.4. The molecule has 284 valence electrons.